The Bertz CT molecular complexity index is 402. The highest BCUT2D eigenvalue weighted by molar-refractivity contribution is 5.30. The van der Waals surface area contributed by atoms with Crippen LogP contribution in [0, 0.1) is 29.1 Å². The summed E-state index contributed by atoms with van der Waals surface area (Å²) in [5.74, 6) is 3.86. The van der Waals surface area contributed by atoms with Gasteiger partial charge in [0.15, 0.2) is 0 Å². The van der Waals surface area contributed by atoms with Gasteiger partial charge < -0.3 is 0 Å². The summed E-state index contributed by atoms with van der Waals surface area (Å²) in [4.78, 5) is 0. The zero-order valence-electron chi connectivity index (χ0n) is 11.7. The first-order valence-corrected chi connectivity index (χ1v) is 8.16. The van der Waals surface area contributed by atoms with Gasteiger partial charge in [-0.1, -0.05) is 31.6 Å². The van der Waals surface area contributed by atoms with Gasteiger partial charge >= 0.3 is 0 Å². The summed E-state index contributed by atoms with van der Waals surface area (Å²) < 4.78 is 0. The minimum atomic E-state index is 0.696. The number of hydrogen-bond donors (Lipinski definition) is 0. The number of fused-ring (bicyclic) bond motifs is 5. The van der Waals surface area contributed by atoms with Crippen molar-refractivity contribution in [1.82, 2.24) is 0 Å². The molecule has 0 radical (unpaired) electrons. The third-order valence-electron chi connectivity index (χ3n) is 6.72. The van der Waals surface area contributed by atoms with E-state index in [9.17, 15) is 0 Å². The monoisotopic (exact) mass is 242 g/mol. The second-order valence-corrected chi connectivity index (χ2v) is 7.53. The van der Waals surface area contributed by atoms with Gasteiger partial charge in [-0.15, -0.1) is 0 Å². The van der Waals surface area contributed by atoms with E-state index in [-0.39, 0.29) is 0 Å². The van der Waals surface area contributed by atoms with E-state index in [0.29, 0.717) is 5.41 Å². The van der Waals surface area contributed by atoms with Crippen LogP contribution in [0.5, 0.6) is 0 Å². The standard InChI is InChI=1S/C18H26/c1-18-11-4-7-17(18)16-9-8-13-5-2-3-6-14(13)15(16)10-12-18/h5,8-9,14-17H,2-4,6-7,10-12H2,1H3/t14-,15+,16+,17-,18-/m0/s1. The van der Waals surface area contributed by atoms with Crippen LogP contribution >= 0.6 is 0 Å². The molecule has 0 spiro atoms. The maximum Gasteiger partial charge on any atom is -0.0131 e. The zero-order valence-corrected chi connectivity index (χ0v) is 11.7. The van der Waals surface area contributed by atoms with Crippen LogP contribution in [0.1, 0.15) is 58.3 Å². The van der Waals surface area contributed by atoms with E-state index in [2.05, 4.69) is 25.2 Å². The Morgan fingerprint density at radius 3 is 3.00 bits per heavy atom. The molecule has 98 valence electrons. The fraction of sp³-hybridized carbons (Fsp3) is 0.778. The van der Waals surface area contributed by atoms with Crippen LogP contribution in [0.4, 0.5) is 0 Å². The molecule has 0 N–H and O–H groups in total. The van der Waals surface area contributed by atoms with Crippen LogP contribution in [0.15, 0.2) is 23.8 Å². The van der Waals surface area contributed by atoms with Crippen molar-refractivity contribution in [2.24, 2.45) is 29.1 Å². The molecule has 0 heteroatoms. The summed E-state index contributed by atoms with van der Waals surface area (Å²) in [5.41, 5.74) is 2.39. The molecular weight excluding hydrogens is 216 g/mol. The molecule has 0 nitrogen and oxygen atoms in total. The third-order valence-corrected chi connectivity index (χ3v) is 6.72. The summed E-state index contributed by atoms with van der Waals surface area (Å²) in [6, 6.07) is 0. The van der Waals surface area contributed by atoms with E-state index < -0.39 is 0 Å². The fourth-order valence-corrected chi connectivity index (χ4v) is 5.76. The van der Waals surface area contributed by atoms with E-state index in [1.807, 2.05) is 0 Å². The molecule has 4 rings (SSSR count). The number of hydrogen-bond acceptors (Lipinski definition) is 0. The molecule has 18 heavy (non-hydrogen) atoms. The Hall–Kier alpha value is -0.520. The molecule has 2 fully saturated rings. The largest absolute Gasteiger partial charge is 0.0810 e. The molecular formula is C18H26. The topological polar surface area (TPSA) is 0 Å². The second kappa shape index (κ2) is 3.99. The third kappa shape index (κ3) is 1.50. The van der Waals surface area contributed by atoms with Gasteiger partial charge in [0.1, 0.15) is 0 Å². The first-order valence-electron chi connectivity index (χ1n) is 8.16. The highest BCUT2D eigenvalue weighted by atomic mass is 14.5. The fourth-order valence-electron chi connectivity index (χ4n) is 5.76. The molecule has 0 aromatic rings. The molecule has 0 aromatic heterocycles. The average Bonchev–Trinajstić information content (AvgIpc) is 2.80. The lowest BCUT2D eigenvalue weighted by atomic mass is 9.54. The van der Waals surface area contributed by atoms with Crippen LogP contribution in [0.2, 0.25) is 0 Å². The predicted molar refractivity (Wildman–Crippen MR) is 76.2 cm³/mol. The number of allylic oxidation sites excluding steroid dienone is 4. The van der Waals surface area contributed by atoms with Gasteiger partial charge in [0.25, 0.3) is 0 Å². The normalized spacial score (nSPS) is 50.2. The van der Waals surface area contributed by atoms with Crippen molar-refractivity contribution in [3.63, 3.8) is 0 Å². The van der Waals surface area contributed by atoms with Crippen molar-refractivity contribution in [1.29, 1.82) is 0 Å². The second-order valence-electron chi connectivity index (χ2n) is 7.53. The van der Waals surface area contributed by atoms with E-state index in [1.165, 1.54) is 51.4 Å². The highest BCUT2D eigenvalue weighted by Crippen LogP contribution is 2.60. The van der Waals surface area contributed by atoms with Crippen LogP contribution < -0.4 is 0 Å². The molecule has 2 saturated carbocycles. The molecule has 4 aliphatic carbocycles. The van der Waals surface area contributed by atoms with Gasteiger partial charge in [0.2, 0.25) is 0 Å². The van der Waals surface area contributed by atoms with Crippen molar-refractivity contribution in [2.45, 2.75) is 58.3 Å². The zero-order chi connectivity index (χ0) is 12.2. The Labute approximate surface area is 112 Å². The van der Waals surface area contributed by atoms with Gasteiger partial charge in [-0.3, -0.25) is 0 Å². The van der Waals surface area contributed by atoms with Gasteiger partial charge in [-0.25, -0.2) is 0 Å². The Morgan fingerprint density at radius 1 is 1.11 bits per heavy atom. The van der Waals surface area contributed by atoms with E-state index in [1.54, 1.807) is 5.57 Å². The summed E-state index contributed by atoms with van der Waals surface area (Å²) in [5, 5.41) is 0. The van der Waals surface area contributed by atoms with Crippen LogP contribution in [-0.2, 0) is 0 Å². The first kappa shape index (κ1) is 11.3. The molecule has 0 aliphatic heterocycles. The van der Waals surface area contributed by atoms with Crippen LogP contribution in [-0.4, -0.2) is 0 Å². The van der Waals surface area contributed by atoms with Gasteiger partial charge in [-0.05, 0) is 79.6 Å². The summed E-state index contributed by atoms with van der Waals surface area (Å²) in [7, 11) is 0. The van der Waals surface area contributed by atoms with Gasteiger partial charge in [0.05, 0.1) is 0 Å². The lowest BCUT2D eigenvalue weighted by molar-refractivity contribution is 0.0394. The summed E-state index contributed by atoms with van der Waals surface area (Å²) in [6.07, 6.45) is 19.4. The number of rotatable bonds is 0. The summed E-state index contributed by atoms with van der Waals surface area (Å²) >= 11 is 0. The lowest BCUT2D eigenvalue weighted by Crippen LogP contribution is -2.42. The van der Waals surface area contributed by atoms with Crippen molar-refractivity contribution >= 4 is 0 Å². The van der Waals surface area contributed by atoms with E-state index >= 15 is 0 Å². The van der Waals surface area contributed by atoms with Crippen LogP contribution in [0.3, 0.4) is 0 Å². The minimum Gasteiger partial charge on any atom is -0.0810 e. The minimum absolute atomic E-state index is 0.696. The average molecular weight is 242 g/mol. The van der Waals surface area contributed by atoms with Gasteiger partial charge in [-0.2, -0.15) is 0 Å². The predicted octanol–water partition coefficient (Wildman–Crippen LogP) is 5.12. The maximum absolute atomic E-state index is 2.62. The van der Waals surface area contributed by atoms with Crippen molar-refractivity contribution < 1.29 is 0 Å². The molecule has 4 aliphatic rings. The summed E-state index contributed by atoms with van der Waals surface area (Å²) in [6.45, 7) is 2.58. The molecule has 0 unspecified atom stereocenters. The van der Waals surface area contributed by atoms with E-state index in [4.69, 9.17) is 0 Å². The molecule has 0 heterocycles. The molecule has 0 saturated heterocycles. The Balaban J connectivity index is 1.69. The Morgan fingerprint density at radius 2 is 2.06 bits per heavy atom. The Kier molecular flexibility index (Phi) is 2.51. The molecule has 0 amide bonds. The lowest BCUT2D eigenvalue weighted by Gasteiger charge is -2.50. The first-order chi connectivity index (χ1) is 8.78. The highest BCUT2D eigenvalue weighted by Gasteiger charge is 2.50. The van der Waals surface area contributed by atoms with Crippen LogP contribution in [0.25, 0.3) is 0 Å². The smallest absolute Gasteiger partial charge is 0.0131 e. The quantitative estimate of drug-likeness (QED) is 0.553. The molecule has 0 aromatic carbocycles. The molecule has 0 bridgehead atoms. The molecule has 5 atom stereocenters. The van der Waals surface area contributed by atoms with Crippen molar-refractivity contribution in [2.75, 3.05) is 0 Å². The van der Waals surface area contributed by atoms with E-state index in [0.717, 1.165) is 23.7 Å². The van der Waals surface area contributed by atoms with Crippen molar-refractivity contribution in [3.05, 3.63) is 23.8 Å². The van der Waals surface area contributed by atoms with Gasteiger partial charge in [0, 0.05) is 0 Å². The maximum atomic E-state index is 2.62. The van der Waals surface area contributed by atoms with Crippen molar-refractivity contribution in [3.8, 4) is 0 Å². The SMILES string of the molecule is C[C@@]12CCC[C@H]1[C@@H]1C=CC3=CCCC[C@@H]3[C@H]1CC2.